The summed E-state index contributed by atoms with van der Waals surface area (Å²) in [7, 11) is 0. The summed E-state index contributed by atoms with van der Waals surface area (Å²) in [6.45, 7) is 3.20. The number of aromatic nitrogens is 2. The molecule has 2 aliphatic rings. The second-order valence-corrected chi connectivity index (χ2v) is 7.90. The van der Waals surface area contributed by atoms with Crippen molar-refractivity contribution in [2.75, 3.05) is 6.54 Å². The molecule has 0 radical (unpaired) electrons. The molecule has 4 rings (SSSR count). The Labute approximate surface area is 176 Å². The van der Waals surface area contributed by atoms with Gasteiger partial charge in [0.25, 0.3) is 5.91 Å². The summed E-state index contributed by atoms with van der Waals surface area (Å²) in [6.07, 6.45) is 10.2. The molecule has 2 aromatic rings. The fourth-order valence-electron chi connectivity index (χ4n) is 3.89. The quantitative estimate of drug-likeness (QED) is 0.768. The van der Waals surface area contributed by atoms with E-state index in [4.69, 9.17) is 11.5 Å². The normalized spacial score (nSPS) is 16.1. The molecule has 0 spiro atoms. The van der Waals surface area contributed by atoms with Gasteiger partial charge >= 0.3 is 0 Å². The molecule has 156 valence electrons. The number of amidine groups is 1. The first-order valence-corrected chi connectivity index (χ1v) is 10.6. The van der Waals surface area contributed by atoms with Crippen LogP contribution < -0.4 is 11.5 Å². The molecular formula is C23H28N6O. The number of amides is 1. The molecule has 0 atom stereocenters. The molecule has 1 fully saturated rings. The van der Waals surface area contributed by atoms with Crippen LogP contribution in [0.1, 0.15) is 50.4 Å². The standard InChI is InChI=1S/C23H28N6O/c1-2-8-29(19-4-3-5-19)23(30)17-9-16-7-6-15(10-20(16)28-21(25)11-17)18-13-26-22(12-24)27-14-18/h6-7,9-10,13-14,19H,2-5,8,11-12,24H2,1H3,(H2,25,28). The Balaban J connectivity index is 1.65. The van der Waals surface area contributed by atoms with Gasteiger partial charge in [-0.15, -0.1) is 0 Å². The summed E-state index contributed by atoms with van der Waals surface area (Å²) in [6, 6.07) is 6.29. The Kier molecular flexibility index (Phi) is 5.90. The Hall–Kier alpha value is -3.06. The van der Waals surface area contributed by atoms with Crippen LogP contribution >= 0.6 is 0 Å². The summed E-state index contributed by atoms with van der Waals surface area (Å²) in [4.78, 5) is 28.4. The molecule has 1 aliphatic heterocycles. The zero-order valence-electron chi connectivity index (χ0n) is 17.3. The van der Waals surface area contributed by atoms with Crippen LogP contribution in [0.25, 0.3) is 17.2 Å². The van der Waals surface area contributed by atoms with Crippen molar-refractivity contribution in [2.24, 2.45) is 16.5 Å². The minimum Gasteiger partial charge on any atom is -0.387 e. The summed E-state index contributed by atoms with van der Waals surface area (Å²) < 4.78 is 0. The van der Waals surface area contributed by atoms with Crippen LogP contribution in [0.15, 0.2) is 41.2 Å². The van der Waals surface area contributed by atoms with E-state index in [1.54, 1.807) is 12.4 Å². The predicted octanol–water partition coefficient (Wildman–Crippen LogP) is 3.17. The van der Waals surface area contributed by atoms with Crippen molar-refractivity contribution in [3.63, 3.8) is 0 Å². The molecule has 4 N–H and O–H groups in total. The molecule has 7 nitrogen and oxygen atoms in total. The number of aliphatic imine (C=N–C) groups is 1. The largest absolute Gasteiger partial charge is 0.387 e. The third-order valence-corrected chi connectivity index (χ3v) is 5.73. The van der Waals surface area contributed by atoms with Crippen LogP contribution in [-0.2, 0) is 11.3 Å². The summed E-state index contributed by atoms with van der Waals surface area (Å²) in [5.74, 6) is 1.14. The Morgan fingerprint density at radius 2 is 1.97 bits per heavy atom. The van der Waals surface area contributed by atoms with Crippen molar-refractivity contribution in [1.29, 1.82) is 0 Å². The molecule has 30 heavy (non-hydrogen) atoms. The summed E-state index contributed by atoms with van der Waals surface area (Å²) >= 11 is 0. The number of nitrogens with zero attached hydrogens (tertiary/aromatic N) is 4. The van der Waals surface area contributed by atoms with Crippen molar-refractivity contribution < 1.29 is 4.79 Å². The zero-order valence-corrected chi connectivity index (χ0v) is 17.3. The molecule has 0 unspecified atom stereocenters. The highest BCUT2D eigenvalue weighted by Gasteiger charge is 2.30. The fraction of sp³-hybridized carbons (Fsp3) is 0.391. The Morgan fingerprint density at radius 3 is 2.60 bits per heavy atom. The third kappa shape index (κ3) is 4.11. The number of benzene rings is 1. The van der Waals surface area contributed by atoms with Gasteiger partial charge in [-0.05, 0) is 43.4 Å². The maximum absolute atomic E-state index is 13.3. The maximum atomic E-state index is 13.3. The molecule has 7 heteroatoms. The van der Waals surface area contributed by atoms with Gasteiger partial charge in [0, 0.05) is 48.1 Å². The van der Waals surface area contributed by atoms with Gasteiger partial charge in [-0.1, -0.05) is 19.1 Å². The second-order valence-electron chi connectivity index (χ2n) is 7.90. The lowest BCUT2D eigenvalue weighted by Gasteiger charge is -2.38. The SMILES string of the molecule is CCCN(C(=O)C1=Cc2ccc(-c3cnc(CN)nc3)cc2N=C(N)C1)C1CCC1. The zero-order chi connectivity index (χ0) is 21.1. The van der Waals surface area contributed by atoms with E-state index in [1.165, 1.54) is 6.42 Å². The van der Waals surface area contributed by atoms with Crippen LogP contribution in [0.2, 0.25) is 0 Å². The van der Waals surface area contributed by atoms with Gasteiger partial charge in [-0.3, -0.25) is 4.79 Å². The second kappa shape index (κ2) is 8.75. The van der Waals surface area contributed by atoms with Gasteiger partial charge in [0.15, 0.2) is 0 Å². The van der Waals surface area contributed by atoms with E-state index in [2.05, 4.69) is 21.9 Å². The van der Waals surface area contributed by atoms with Crippen LogP contribution in [0.5, 0.6) is 0 Å². The fourth-order valence-corrected chi connectivity index (χ4v) is 3.89. The van der Waals surface area contributed by atoms with Gasteiger partial charge in [0.1, 0.15) is 11.7 Å². The van der Waals surface area contributed by atoms with E-state index in [0.29, 0.717) is 36.2 Å². The van der Waals surface area contributed by atoms with Crippen molar-refractivity contribution in [1.82, 2.24) is 14.9 Å². The first-order valence-electron chi connectivity index (χ1n) is 10.6. The predicted molar refractivity (Wildman–Crippen MR) is 119 cm³/mol. The molecule has 0 saturated heterocycles. The van der Waals surface area contributed by atoms with Crippen LogP contribution in [0.4, 0.5) is 5.69 Å². The molecule has 1 aromatic heterocycles. The number of nitrogens with two attached hydrogens (primary N) is 2. The highest BCUT2D eigenvalue weighted by Crippen LogP contribution is 2.33. The lowest BCUT2D eigenvalue weighted by Crippen LogP contribution is -2.45. The molecule has 1 saturated carbocycles. The lowest BCUT2D eigenvalue weighted by molar-refractivity contribution is -0.131. The van der Waals surface area contributed by atoms with E-state index < -0.39 is 0 Å². The molecule has 2 heterocycles. The minimum absolute atomic E-state index is 0.0856. The Morgan fingerprint density at radius 1 is 1.20 bits per heavy atom. The highest BCUT2D eigenvalue weighted by atomic mass is 16.2. The third-order valence-electron chi connectivity index (χ3n) is 5.73. The van der Waals surface area contributed by atoms with E-state index in [-0.39, 0.29) is 5.91 Å². The molecule has 1 aromatic carbocycles. The minimum atomic E-state index is 0.0856. The van der Waals surface area contributed by atoms with Crippen LogP contribution in [0.3, 0.4) is 0 Å². The number of fused-ring (bicyclic) bond motifs is 1. The number of carbonyl (C=O) groups is 1. The van der Waals surface area contributed by atoms with Gasteiger partial charge in [-0.25, -0.2) is 15.0 Å². The number of hydrogen-bond donors (Lipinski definition) is 2. The maximum Gasteiger partial charge on any atom is 0.250 e. The lowest BCUT2D eigenvalue weighted by atomic mass is 9.90. The molecular weight excluding hydrogens is 376 g/mol. The molecule has 1 aliphatic carbocycles. The van der Waals surface area contributed by atoms with E-state index in [1.807, 2.05) is 29.2 Å². The summed E-state index contributed by atoms with van der Waals surface area (Å²) in [5, 5.41) is 0. The first kappa shape index (κ1) is 20.2. The van der Waals surface area contributed by atoms with E-state index in [0.717, 1.165) is 48.2 Å². The van der Waals surface area contributed by atoms with Crippen molar-refractivity contribution in [3.8, 4) is 11.1 Å². The topological polar surface area (TPSA) is 110 Å². The Bertz CT molecular complexity index is 991. The van der Waals surface area contributed by atoms with Gasteiger partial charge < -0.3 is 16.4 Å². The number of rotatable bonds is 6. The van der Waals surface area contributed by atoms with Gasteiger partial charge in [0.2, 0.25) is 0 Å². The van der Waals surface area contributed by atoms with Crippen LogP contribution in [-0.4, -0.2) is 39.2 Å². The van der Waals surface area contributed by atoms with Crippen molar-refractivity contribution in [2.45, 2.75) is 51.6 Å². The van der Waals surface area contributed by atoms with Gasteiger partial charge in [-0.2, -0.15) is 0 Å². The molecule has 0 bridgehead atoms. The number of hydrogen-bond acceptors (Lipinski definition) is 6. The van der Waals surface area contributed by atoms with E-state index >= 15 is 0 Å². The van der Waals surface area contributed by atoms with Crippen molar-refractivity contribution in [3.05, 3.63) is 47.6 Å². The first-order chi connectivity index (χ1) is 14.6. The molecule has 1 amide bonds. The van der Waals surface area contributed by atoms with E-state index in [9.17, 15) is 4.79 Å². The van der Waals surface area contributed by atoms with Crippen molar-refractivity contribution >= 4 is 23.5 Å². The average Bonchev–Trinajstić information content (AvgIpc) is 2.89. The smallest absolute Gasteiger partial charge is 0.250 e. The summed E-state index contributed by atoms with van der Waals surface area (Å²) in [5.41, 5.74) is 16.0. The highest BCUT2D eigenvalue weighted by molar-refractivity contribution is 6.05. The monoisotopic (exact) mass is 404 g/mol. The number of carbonyl (C=O) groups excluding carboxylic acids is 1. The van der Waals surface area contributed by atoms with Crippen LogP contribution in [0, 0.1) is 0 Å². The average molecular weight is 405 g/mol. The van der Waals surface area contributed by atoms with Gasteiger partial charge in [0.05, 0.1) is 12.2 Å².